The number of hydrogen-bond donors (Lipinski definition) is 1. The van der Waals surface area contributed by atoms with Crippen LogP contribution in [0, 0.1) is 0 Å². The molecule has 0 aliphatic carbocycles. The Kier molecular flexibility index (Phi) is 6.10. The molecule has 32 heavy (non-hydrogen) atoms. The number of aromatic nitrogens is 2. The lowest BCUT2D eigenvalue weighted by Crippen LogP contribution is -2.37. The molecule has 1 N–H and O–H groups in total. The first-order valence-corrected chi connectivity index (χ1v) is 10.8. The molecule has 0 unspecified atom stereocenters. The zero-order valence-corrected chi connectivity index (χ0v) is 18.6. The number of ketones is 1. The highest BCUT2D eigenvalue weighted by atomic mass is 35.5. The van der Waals surface area contributed by atoms with Gasteiger partial charge in [0.1, 0.15) is 0 Å². The van der Waals surface area contributed by atoms with Gasteiger partial charge in [0.05, 0.1) is 6.54 Å². The number of halogens is 1. The molecule has 0 spiro atoms. The molecule has 0 saturated carbocycles. The Hall–Kier alpha value is -3.44. The molecule has 6 heteroatoms. The smallest absolute Gasteiger partial charge is 0.292 e. The molecule has 1 aromatic heterocycles. The van der Waals surface area contributed by atoms with E-state index >= 15 is 0 Å². The van der Waals surface area contributed by atoms with Crippen LogP contribution in [0.1, 0.15) is 46.9 Å². The Labute approximate surface area is 190 Å². The summed E-state index contributed by atoms with van der Waals surface area (Å²) in [6.45, 7) is 3.65. The van der Waals surface area contributed by atoms with E-state index in [2.05, 4.69) is 11.1 Å². The van der Waals surface area contributed by atoms with Gasteiger partial charge in [0.15, 0.2) is 5.78 Å². The first-order valence-electron chi connectivity index (χ1n) is 10.5. The summed E-state index contributed by atoms with van der Waals surface area (Å²) in [4.78, 5) is 40.8. The highest BCUT2D eigenvalue weighted by molar-refractivity contribution is 6.30. The van der Waals surface area contributed by atoms with E-state index in [9.17, 15) is 14.4 Å². The van der Waals surface area contributed by atoms with Gasteiger partial charge >= 0.3 is 5.69 Å². The van der Waals surface area contributed by atoms with Crippen LogP contribution in [0.2, 0.25) is 5.02 Å². The average Bonchev–Trinajstić information content (AvgIpc) is 2.76. The minimum atomic E-state index is -0.586. The summed E-state index contributed by atoms with van der Waals surface area (Å²) >= 11 is 5.93. The van der Waals surface area contributed by atoms with Crippen LogP contribution in [0.3, 0.4) is 0 Å². The van der Waals surface area contributed by atoms with Crippen molar-refractivity contribution in [1.29, 1.82) is 0 Å². The van der Waals surface area contributed by atoms with Crippen LogP contribution in [0.4, 0.5) is 0 Å². The van der Waals surface area contributed by atoms with Crippen molar-refractivity contribution in [3.05, 3.63) is 115 Å². The summed E-state index contributed by atoms with van der Waals surface area (Å²) in [5.74, 6) is -0.350. The molecule has 1 heterocycles. The maximum Gasteiger partial charge on any atom is 0.328 e. The van der Waals surface area contributed by atoms with Crippen LogP contribution in [-0.2, 0) is 13.0 Å². The Morgan fingerprint density at radius 1 is 0.969 bits per heavy atom. The van der Waals surface area contributed by atoms with Gasteiger partial charge in [-0.25, -0.2) is 4.79 Å². The zero-order valence-electron chi connectivity index (χ0n) is 17.9. The summed E-state index contributed by atoms with van der Waals surface area (Å²) < 4.78 is 1.39. The van der Waals surface area contributed by atoms with Gasteiger partial charge in [-0.1, -0.05) is 67.9 Å². The van der Waals surface area contributed by atoms with Crippen molar-refractivity contribution in [2.75, 3.05) is 0 Å². The van der Waals surface area contributed by atoms with E-state index < -0.39 is 11.2 Å². The molecule has 4 rings (SSSR count). The number of nitrogens with zero attached hydrogens (tertiary/aromatic N) is 1. The fourth-order valence-electron chi connectivity index (χ4n) is 4.00. The number of fused-ring (bicyclic) bond motifs is 1. The summed E-state index contributed by atoms with van der Waals surface area (Å²) in [5.41, 5.74) is 1.50. The Morgan fingerprint density at radius 2 is 1.66 bits per heavy atom. The highest BCUT2D eigenvalue weighted by Gasteiger charge is 2.20. The molecule has 3 aromatic carbocycles. The lowest BCUT2D eigenvalue weighted by Gasteiger charge is -2.18. The molecule has 0 fully saturated rings. The van der Waals surface area contributed by atoms with Crippen LogP contribution in [-0.4, -0.2) is 15.3 Å². The highest BCUT2D eigenvalue weighted by Crippen LogP contribution is 2.22. The number of carbonyl (C=O) groups excluding carboxylic acids is 1. The second-order valence-electron chi connectivity index (χ2n) is 8.15. The van der Waals surface area contributed by atoms with Gasteiger partial charge in [-0.2, -0.15) is 0 Å². The minimum Gasteiger partial charge on any atom is -0.292 e. The first kappa shape index (κ1) is 21.8. The third kappa shape index (κ3) is 4.43. The first-order chi connectivity index (χ1) is 15.3. The molecular weight excluding hydrogens is 424 g/mol. The molecule has 0 radical (unpaired) electrons. The Morgan fingerprint density at radius 3 is 2.34 bits per heavy atom. The fraction of sp³-hybridized carbons (Fsp3) is 0.192. The normalized spacial score (nSPS) is 11.2. The molecule has 0 aliphatic heterocycles. The quantitative estimate of drug-likeness (QED) is 0.426. The second kappa shape index (κ2) is 8.97. The van der Waals surface area contributed by atoms with E-state index in [1.807, 2.05) is 50.2 Å². The number of nitrogens with one attached hydrogen (secondary N) is 1. The predicted octanol–water partition coefficient (Wildman–Crippen LogP) is 4.94. The molecule has 4 aromatic rings. The Balaban J connectivity index is 1.81. The van der Waals surface area contributed by atoms with E-state index in [0.717, 1.165) is 16.3 Å². The topological polar surface area (TPSA) is 71.9 Å². The van der Waals surface area contributed by atoms with Crippen LogP contribution < -0.4 is 11.2 Å². The lowest BCUT2D eigenvalue weighted by molar-refractivity contribution is 0.0969. The fourth-order valence-corrected chi connectivity index (χ4v) is 4.12. The van der Waals surface area contributed by atoms with Crippen LogP contribution in [0.15, 0.2) is 76.3 Å². The minimum absolute atomic E-state index is 0.119. The Bertz CT molecular complexity index is 1420. The molecule has 0 saturated heterocycles. The van der Waals surface area contributed by atoms with Gasteiger partial charge in [-0.05, 0) is 46.5 Å². The van der Waals surface area contributed by atoms with E-state index in [-0.39, 0.29) is 18.2 Å². The number of Topliss-reactive ketones (excluding diaryl/α,β-unsaturated/α-hetero) is 1. The third-order valence-electron chi connectivity index (χ3n) is 5.58. The van der Waals surface area contributed by atoms with Gasteiger partial charge in [-0.3, -0.25) is 19.1 Å². The number of H-pyrrole nitrogens is 1. The maximum atomic E-state index is 12.9. The molecule has 0 amide bonds. The van der Waals surface area contributed by atoms with Gasteiger partial charge in [0.25, 0.3) is 5.56 Å². The largest absolute Gasteiger partial charge is 0.328 e. The van der Waals surface area contributed by atoms with Crippen molar-refractivity contribution in [1.82, 2.24) is 9.55 Å². The van der Waals surface area contributed by atoms with Crippen molar-refractivity contribution in [3.63, 3.8) is 0 Å². The van der Waals surface area contributed by atoms with Crippen molar-refractivity contribution < 1.29 is 4.79 Å². The molecule has 0 atom stereocenters. The number of hydrogen-bond acceptors (Lipinski definition) is 3. The third-order valence-corrected chi connectivity index (χ3v) is 5.83. The molecular formula is C26H23ClN2O3. The van der Waals surface area contributed by atoms with E-state index in [1.165, 1.54) is 4.57 Å². The molecule has 162 valence electrons. The number of aromatic amines is 1. The van der Waals surface area contributed by atoms with E-state index in [1.54, 1.807) is 24.3 Å². The summed E-state index contributed by atoms with van der Waals surface area (Å²) in [6, 6.07) is 20.6. The number of benzene rings is 3. The standard InChI is InChI=1S/C26H23ClN2O3/c1-16(2)24-22(14-17-7-8-18-5-3-4-6-20(18)13-17)29(26(32)28-25(24)31)15-23(30)19-9-11-21(27)12-10-19/h3-13,16H,14-15H2,1-2H3,(H,28,31,32). The predicted molar refractivity (Wildman–Crippen MR) is 128 cm³/mol. The van der Waals surface area contributed by atoms with Crippen LogP contribution in [0.25, 0.3) is 10.8 Å². The van der Waals surface area contributed by atoms with Crippen LogP contribution >= 0.6 is 11.6 Å². The number of rotatable bonds is 6. The van der Waals surface area contributed by atoms with Crippen LogP contribution in [0.5, 0.6) is 0 Å². The molecule has 0 aliphatic rings. The SMILES string of the molecule is CC(C)c1c(Cc2ccc3ccccc3c2)n(CC(=O)c2ccc(Cl)cc2)c(=O)[nH]c1=O. The monoisotopic (exact) mass is 446 g/mol. The zero-order chi connectivity index (χ0) is 22.8. The van der Waals surface area contributed by atoms with Gasteiger partial charge in [-0.15, -0.1) is 0 Å². The molecule has 0 bridgehead atoms. The van der Waals surface area contributed by atoms with Crippen molar-refractivity contribution in [2.24, 2.45) is 0 Å². The average molecular weight is 447 g/mol. The van der Waals surface area contributed by atoms with Gasteiger partial charge in [0, 0.05) is 28.3 Å². The van der Waals surface area contributed by atoms with E-state index in [4.69, 9.17) is 11.6 Å². The van der Waals surface area contributed by atoms with Crippen molar-refractivity contribution in [2.45, 2.75) is 32.7 Å². The number of carbonyl (C=O) groups is 1. The van der Waals surface area contributed by atoms with Gasteiger partial charge in [0.2, 0.25) is 0 Å². The van der Waals surface area contributed by atoms with E-state index in [0.29, 0.717) is 28.3 Å². The summed E-state index contributed by atoms with van der Waals surface area (Å²) in [6.07, 6.45) is 0.366. The maximum absolute atomic E-state index is 12.9. The second-order valence-corrected chi connectivity index (χ2v) is 8.59. The summed E-state index contributed by atoms with van der Waals surface area (Å²) in [5, 5.41) is 2.72. The lowest BCUT2D eigenvalue weighted by atomic mass is 9.96. The van der Waals surface area contributed by atoms with Crippen molar-refractivity contribution in [3.8, 4) is 0 Å². The molecule has 5 nitrogen and oxygen atoms in total. The summed E-state index contributed by atoms with van der Waals surface area (Å²) in [7, 11) is 0. The van der Waals surface area contributed by atoms with Gasteiger partial charge < -0.3 is 0 Å². The van der Waals surface area contributed by atoms with Crippen molar-refractivity contribution >= 4 is 28.2 Å².